The molecule has 0 aliphatic carbocycles. The van der Waals surface area contributed by atoms with E-state index in [1.165, 1.54) is 5.56 Å². The fourth-order valence-electron chi connectivity index (χ4n) is 4.45. The number of rotatable bonds is 11. The third-order valence-electron chi connectivity index (χ3n) is 6.93. The summed E-state index contributed by atoms with van der Waals surface area (Å²) in [6.45, 7) is 2.17. The lowest BCUT2D eigenvalue weighted by Crippen LogP contribution is -2.42. The van der Waals surface area contributed by atoms with Crippen molar-refractivity contribution in [2.75, 3.05) is 17.3 Å². The van der Waals surface area contributed by atoms with Crippen LogP contribution in [0.2, 0.25) is 0 Å². The van der Waals surface area contributed by atoms with Crippen molar-refractivity contribution in [1.82, 2.24) is 5.32 Å². The number of unbranched alkanes of at least 4 members (excludes halogenated alkanes) is 1. The van der Waals surface area contributed by atoms with Gasteiger partial charge in [-0.1, -0.05) is 80.1 Å². The number of benzene rings is 4. The number of anilines is 2. The van der Waals surface area contributed by atoms with Crippen LogP contribution in [0, 0.1) is 0 Å². The van der Waals surface area contributed by atoms with Crippen molar-refractivity contribution in [3.8, 4) is 11.1 Å². The highest BCUT2D eigenvalue weighted by Crippen LogP contribution is 2.25. The third kappa shape index (κ3) is 8.05. The Balaban J connectivity index is 1.39. The molecule has 0 aliphatic heterocycles. The normalized spacial score (nSPS) is 11.4. The molecule has 1 unspecified atom stereocenters. The molecule has 4 rings (SSSR count). The molecule has 0 fully saturated rings. The van der Waals surface area contributed by atoms with Gasteiger partial charge in [-0.3, -0.25) is 9.69 Å². The van der Waals surface area contributed by atoms with Gasteiger partial charge in [0, 0.05) is 30.4 Å². The first-order chi connectivity index (χ1) is 19.8. The molecule has 0 radical (unpaired) electrons. The quantitative estimate of drug-likeness (QED) is 0.192. The Morgan fingerprint density at radius 2 is 1.49 bits per heavy atom. The number of carbonyl (C=O) groups excluding carboxylic acids is 2. The van der Waals surface area contributed by atoms with Crippen LogP contribution >= 0.6 is 0 Å². The Labute approximate surface area is 240 Å². The second-order valence-corrected chi connectivity index (χ2v) is 9.97. The van der Waals surface area contributed by atoms with E-state index in [9.17, 15) is 19.5 Å². The lowest BCUT2D eigenvalue weighted by molar-refractivity contribution is -0.139. The van der Waals surface area contributed by atoms with Crippen LogP contribution in [0.15, 0.2) is 103 Å². The van der Waals surface area contributed by atoms with Gasteiger partial charge in [0.05, 0.1) is 0 Å². The highest BCUT2D eigenvalue weighted by Gasteiger charge is 2.21. The zero-order chi connectivity index (χ0) is 29.2. The summed E-state index contributed by atoms with van der Waals surface area (Å²) in [5.41, 5.74) is 5.77. The van der Waals surface area contributed by atoms with Crippen LogP contribution in [0.5, 0.6) is 0 Å². The zero-order valence-corrected chi connectivity index (χ0v) is 23.3. The van der Waals surface area contributed by atoms with Crippen LogP contribution in [-0.4, -0.2) is 36.1 Å². The van der Waals surface area contributed by atoms with Crippen molar-refractivity contribution in [2.24, 2.45) is 0 Å². The first-order valence-electron chi connectivity index (χ1n) is 13.8. The maximum absolute atomic E-state index is 12.9. The lowest BCUT2D eigenvalue weighted by Gasteiger charge is -2.19. The van der Waals surface area contributed by atoms with Crippen LogP contribution < -0.4 is 15.5 Å². The van der Waals surface area contributed by atoms with Crippen molar-refractivity contribution in [1.29, 1.82) is 0 Å². The molecular formula is C34H35N3O4. The number of carboxylic acids is 1. The number of hydrogen-bond acceptors (Lipinski definition) is 3. The molecule has 41 heavy (non-hydrogen) atoms. The maximum atomic E-state index is 12.9. The van der Waals surface area contributed by atoms with E-state index >= 15 is 0 Å². The van der Waals surface area contributed by atoms with Crippen molar-refractivity contribution >= 4 is 29.3 Å². The second kappa shape index (κ2) is 13.9. The number of amides is 3. The van der Waals surface area contributed by atoms with Crippen molar-refractivity contribution in [3.63, 3.8) is 0 Å². The molecule has 7 heteroatoms. The maximum Gasteiger partial charge on any atom is 0.326 e. The zero-order valence-electron chi connectivity index (χ0n) is 23.3. The van der Waals surface area contributed by atoms with E-state index in [0.717, 1.165) is 47.3 Å². The summed E-state index contributed by atoms with van der Waals surface area (Å²) < 4.78 is 0. The molecule has 4 aromatic rings. The monoisotopic (exact) mass is 549 g/mol. The molecule has 0 bridgehead atoms. The van der Waals surface area contributed by atoms with E-state index in [0.29, 0.717) is 5.56 Å². The molecule has 0 saturated heterocycles. The van der Waals surface area contributed by atoms with Gasteiger partial charge in [0.1, 0.15) is 6.04 Å². The van der Waals surface area contributed by atoms with Crippen LogP contribution in [0.3, 0.4) is 0 Å². The van der Waals surface area contributed by atoms with Crippen LogP contribution in [0.1, 0.15) is 41.3 Å². The van der Waals surface area contributed by atoms with Crippen LogP contribution in [0.25, 0.3) is 11.1 Å². The standard InChI is InChI=1S/C34H35N3O4/c1-3-4-9-24-16-20-29(21-17-24)35-34(41)37(2)30-13-8-12-28(23-30)26-18-14-25(15-19-26)22-31(33(39)40)36-32(38)27-10-6-5-7-11-27/h5-8,10-21,23,31H,3-4,9,22H2,1-2H3,(H,35,41)(H,36,38)(H,39,40). The third-order valence-corrected chi connectivity index (χ3v) is 6.93. The Kier molecular flexibility index (Phi) is 9.89. The van der Waals surface area contributed by atoms with Crippen LogP contribution in [-0.2, 0) is 17.6 Å². The molecule has 3 amide bonds. The summed E-state index contributed by atoms with van der Waals surface area (Å²) in [6, 6.07) is 30.4. The van der Waals surface area contributed by atoms with Gasteiger partial charge < -0.3 is 15.7 Å². The van der Waals surface area contributed by atoms with Gasteiger partial charge in [-0.25, -0.2) is 9.59 Å². The molecule has 1 atom stereocenters. The van der Waals surface area contributed by atoms with Crippen molar-refractivity contribution in [3.05, 3.63) is 120 Å². The Bertz CT molecular complexity index is 1470. The van der Waals surface area contributed by atoms with Crippen molar-refractivity contribution in [2.45, 2.75) is 38.6 Å². The number of nitrogens with one attached hydrogen (secondary N) is 2. The predicted octanol–water partition coefficient (Wildman–Crippen LogP) is 6.79. The summed E-state index contributed by atoms with van der Waals surface area (Å²) in [5.74, 6) is -1.52. The molecule has 7 nitrogen and oxygen atoms in total. The van der Waals surface area contributed by atoms with Gasteiger partial charge in [-0.15, -0.1) is 0 Å². The average molecular weight is 550 g/mol. The number of carbonyl (C=O) groups is 3. The fourth-order valence-corrected chi connectivity index (χ4v) is 4.45. The molecule has 0 aliphatic rings. The van der Waals surface area contributed by atoms with Gasteiger partial charge in [-0.2, -0.15) is 0 Å². The number of nitrogens with zero attached hydrogens (tertiary/aromatic N) is 1. The molecule has 3 N–H and O–H groups in total. The van der Waals surface area contributed by atoms with Gasteiger partial charge in [-0.05, 0) is 71.5 Å². The lowest BCUT2D eigenvalue weighted by atomic mass is 10.00. The number of carboxylic acid groups (broad SMARTS) is 1. The summed E-state index contributed by atoms with van der Waals surface area (Å²) in [7, 11) is 1.73. The molecule has 0 aromatic heterocycles. The first kappa shape index (κ1) is 29.1. The molecule has 0 heterocycles. The fraction of sp³-hybridized carbons (Fsp3) is 0.206. The molecular weight excluding hydrogens is 514 g/mol. The molecule has 210 valence electrons. The SMILES string of the molecule is CCCCc1ccc(NC(=O)N(C)c2cccc(-c3ccc(CC(NC(=O)c4ccccc4)C(=O)O)cc3)c2)cc1. The minimum absolute atomic E-state index is 0.150. The topological polar surface area (TPSA) is 98.7 Å². The average Bonchev–Trinajstić information content (AvgIpc) is 3.00. The Morgan fingerprint density at radius 3 is 2.15 bits per heavy atom. The summed E-state index contributed by atoms with van der Waals surface area (Å²) in [6.07, 6.45) is 3.47. The van der Waals surface area contributed by atoms with E-state index in [2.05, 4.69) is 17.6 Å². The summed E-state index contributed by atoms with van der Waals surface area (Å²) in [5, 5.41) is 15.2. The Morgan fingerprint density at radius 1 is 0.805 bits per heavy atom. The second-order valence-electron chi connectivity index (χ2n) is 9.97. The van der Waals surface area contributed by atoms with Gasteiger partial charge in [0.2, 0.25) is 0 Å². The van der Waals surface area contributed by atoms with E-state index < -0.39 is 17.9 Å². The van der Waals surface area contributed by atoms with E-state index in [-0.39, 0.29) is 12.5 Å². The highest BCUT2D eigenvalue weighted by molar-refractivity contribution is 6.01. The van der Waals surface area contributed by atoms with E-state index in [1.54, 1.807) is 42.3 Å². The minimum Gasteiger partial charge on any atom is -0.480 e. The number of urea groups is 1. The Hall–Kier alpha value is -4.91. The van der Waals surface area contributed by atoms with E-state index in [1.807, 2.05) is 72.8 Å². The van der Waals surface area contributed by atoms with E-state index in [4.69, 9.17) is 0 Å². The highest BCUT2D eigenvalue weighted by atomic mass is 16.4. The van der Waals surface area contributed by atoms with Gasteiger partial charge in [0.25, 0.3) is 5.91 Å². The smallest absolute Gasteiger partial charge is 0.326 e. The number of hydrogen-bond donors (Lipinski definition) is 3. The van der Waals surface area contributed by atoms with Gasteiger partial charge in [0.15, 0.2) is 0 Å². The number of aryl methyl sites for hydroxylation is 1. The number of aliphatic carboxylic acids is 1. The predicted molar refractivity (Wildman–Crippen MR) is 163 cm³/mol. The summed E-state index contributed by atoms with van der Waals surface area (Å²) >= 11 is 0. The van der Waals surface area contributed by atoms with Crippen LogP contribution in [0.4, 0.5) is 16.2 Å². The minimum atomic E-state index is -1.10. The first-order valence-corrected chi connectivity index (χ1v) is 13.8. The van der Waals surface area contributed by atoms with Crippen molar-refractivity contribution < 1.29 is 19.5 Å². The molecule has 4 aromatic carbocycles. The summed E-state index contributed by atoms with van der Waals surface area (Å²) in [4.78, 5) is 38.8. The van der Waals surface area contributed by atoms with Gasteiger partial charge >= 0.3 is 12.0 Å². The molecule has 0 spiro atoms. The largest absolute Gasteiger partial charge is 0.480 e. The molecule has 0 saturated carbocycles.